The Morgan fingerprint density at radius 1 is 1.30 bits per heavy atom. The number of nitrogens with zero attached hydrogens (tertiary/aromatic N) is 2. The highest BCUT2D eigenvalue weighted by Gasteiger charge is 2.10. The molecule has 0 aliphatic rings. The van der Waals surface area contributed by atoms with E-state index in [0.29, 0.717) is 28.3 Å². The Morgan fingerprint density at radius 3 is 2.65 bits per heavy atom. The van der Waals surface area contributed by atoms with Crippen LogP contribution in [-0.2, 0) is 0 Å². The summed E-state index contributed by atoms with van der Waals surface area (Å²) in [4.78, 5) is 18.5. The van der Waals surface area contributed by atoms with Gasteiger partial charge in [-0.05, 0) is 26.0 Å². The molecule has 0 saturated heterocycles. The molecule has 0 aliphatic carbocycles. The van der Waals surface area contributed by atoms with Gasteiger partial charge in [0.05, 0.1) is 20.4 Å². The van der Waals surface area contributed by atoms with Crippen molar-refractivity contribution in [2.75, 3.05) is 19.6 Å². The molecule has 0 spiro atoms. The molecule has 1 aromatic heterocycles. The lowest BCUT2D eigenvalue weighted by Gasteiger charge is -2.10. The van der Waals surface area contributed by atoms with Crippen molar-refractivity contribution in [2.45, 2.75) is 13.8 Å². The van der Waals surface area contributed by atoms with Gasteiger partial charge in [0.1, 0.15) is 0 Å². The van der Waals surface area contributed by atoms with Crippen molar-refractivity contribution < 1.29 is 9.47 Å². The number of halogens is 1. The lowest BCUT2D eigenvalue weighted by molar-refractivity contribution is 0.354. The van der Waals surface area contributed by atoms with Crippen molar-refractivity contribution >= 4 is 28.1 Å². The van der Waals surface area contributed by atoms with E-state index in [0.717, 1.165) is 4.47 Å². The van der Waals surface area contributed by atoms with Crippen LogP contribution in [0.1, 0.15) is 16.8 Å². The van der Waals surface area contributed by atoms with Gasteiger partial charge in [-0.25, -0.2) is 10.4 Å². The van der Waals surface area contributed by atoms with Crippen LogP contribution in [0.2, 0.25) is 0 Å². The number of nitrogens with one attached hydrogen (secondary N) is 2. The number of hydrogen-bond acceptors (Lipinski definition) is 6. The summed E-state index contributed by atoms with van der Waals surface area (Å²) in [6.07, 6.45) is 1.56. The van der Waals surface area contributed by atoms with E-state index in [1.165, 1.54) is 0 Å². The molecule has 1 aromatic carbocycles. The molecular formula is C15H17BrN4O3. The number of anilines is 1. The first-order valence-electron chi connectivity index (χ1n) is 6.74. The predicted molar refractivity (Wildman–Crippen MR) is 92.8 cm³/mol. The second-order valence-corrected chi connectivity index (χ2v) is 5.64. The van der Waals surface area contributed by atoms with Crippen molar-refractivity contribution in [1.29, 1.82) is 0 Å². The van der Waals surface area contributed by atoms with Gasteiger partial charge in [0.15, 0.2) is 11.5 Å². The first-order chi connectivity index (χ1) is 11.0. The van der Waals surface area contributed by atoms with E-state index in [2.05, 4.69) is 36.4 Å². The van der Waals surface area contributed by atoms with Gasteiger partial charge in [0, 0.05) is 21.3 Å². The van der Waals surface area contributed by atoms with E-state index < -0.39 is 0 Å². The molecule has 0 radical (unpaired) electrons. The number of aromatic amines is 1. The van der Waals surface area contributed by atoms with E-state index in [-0.39, 0.29) is 11.5 Å². The molecule has 0 fully saturated rings. The third kappa shape index (κ3) is 3.89. The summed E-state index contributed by atoms with van der Waals surface area (Å²) in [5.41, 5.74) is 4.44. The minimum absolute atomic E-state index is 0.197. The van der Waals surface area contributed by atoms with Gasteiger partial charge in [-0.1, -0.05) is 15.9 Å². The number of H-pyrrole nitrogens is 1. The largest absolute Gasteiger partial charge is 0.493 e. The number of rotatable bonds is 5. The molecule has 0 atom stereocenters. The van der Waals surface area contributed by atoms with Crippen LogP contribution in [0.3, 0.4) is 0 Å². The molecular weight excluding hydrogens is 364 g/mol. The smallest absolute Gasteiger partial charge is 0.255 e. The minimum Gasteiger partial charge on any atom is -0.493 e. The third-order valence-corrected chi connectivity index (χ3v) is 3.70. The molecule has 2 aromatic rings. The Labute approximate surface area is 141 Å². The zero-order chi connectivity index (χ0) is 17.0. The summed E-state index contributed by atoms with van der Waals surface area (Å²) in [7, 11) is 3.12. The second-order valence-electron chi connectivity index (χ2n) is 4.73. The van der Waals surface area contributed by atoms with Gasteiger partial charge in [-0.15, -0.1) is 0 Å². The van der Waals surface area contributed by atoms with Gasteiger partial charge in [-0.2, -0.15) is 5.10 Å². The van der Waals surface area contributed by atoms with Crippen LogP contribution < -0.4 is 20.5 Å². The average Bonchev–Trinajstić information content (AvgIpc) is 2.51. The Balaban J connectivity index is 2.27. The number of aromatic nitrogens is 2. The standard InChI is InChI=1S/C15H17BrN4O3/c1-8-9(2)18-15(19-14(8)21)20-17-7-10-5-11(16)6-12(22-3)13(10)23-4/h5-7H,1-4H3,(H2,18,19,20,21)/b17-7-. The summed E-state index contributed by atoms with van der Waals surface area (Å²) < 4.78 is 11.4. The molecule has 122 valence electrons. The van der Waals surface area contributed by atoms with Crippen LogP contribution >= 0.6 is 15.9 Å². The highest BCUT2D eigenvalue weighted by Crippen LogP contribution is 2.33. The summed E-state index contributed by atoms with van der Waals surface area (Å²) in [6.45, 7) is 3.48. The lowest BCUT2D eigenvalue weighted by atomic mass is 10.2. The number of methoxy groups -OCH3 is 2. The van der Waals surface area contributed by atoms with Gasteiger partial charge in [0.25, 0.3) is 5.56 Å². The Kier molecular flexibility index (Phi) is 5.38. The van der Waals surface area contributed by atoms with E-state index in [9.17, 15) is 4.79 Å². The fourth-order valence-corrected chi connectivity index (χ4v) is 2.37. The molecule has 2 N–H and O–H groups in total. The molecule has 1 heterocycles. The quantitative estimate of drug-likeness (QED) is 0.614. The topological polar surface area (TPSA) is 88.6 Å². The van der Waals surface area contributed by atoms with Gasteiger partial charge >= 0.3 is 0 Å². The fraction of sp³-hybridized carbons (Fsp3) is 0.267. The third-order valence-electron chi connectivity index (χ3n) is 3.24. The van der Waals surface area contributed by atoms with Crippen molar-refractivity contribution in [3.05, 3.63) is 43.8 Å². The minimum atomic E-state index is -0.197. The summed E-state index contributed by atoms with van der Waals surface area (Å²) in [5, 5.41) is 4.08. The predicted octanol–water partition coefficient (Wildman–Crippen LogP) is 2.61. The van der Waals surface area contributed by atoms with Crippen molar-refractivity contribution in [3.8, 4) is 11.5 Å². The molecule has 0 amide bonds. The molecule has 0 unspecified atom stereocenters. The average molecular weight is 381 g/mol. The van der Waals surface area contributed by atoms with Crippen LogP contribution in [-0.4, -0.2) is 30.4 Å². The van der Waals surface area contributed by atoms with Crippen LogP contribution in [0.4, 0.5) is 5.95 Å². The SMILES string of the molecule is COc1cc(Br)cc(/C=N\Nc2nc(C)c(C)c(=O)[nH]2)c1OC. The molecule has 0 saturated carbocycles. The molecule has 2 rings (SSSR count). The number of benzene rings is 1. The monoisotopic (exact) mass is 380 g/mol. The molecule has 0 aliphatic heterocycles. The number of ether oxygens (including phenoxy) is 2. The van der Waals surface area contributed by atoms with Crippen molar-refractivity contribution in [2.24, 2.45) is 5.10 Å². The Hall–Kier alpha value is -2.35. The van der Waals surface area contributed by atoms with E-state index in [1.807, 2.05) is 6.07 Å². The van der Waals surface area contributed by atoms with Crippen LogP contribution in [0.5, 0.6) is 11.5 Å². The molecule has 7 nitrogen and oxygen atoms in total. The van der Waals surface area contributed by atoms with Gasteiger partial charge < -0.3 is 9.47 Å². The maximum atomic E-state index is 11.7. The Morgan fingerprint density at radius 2 is 2.04 bits per heavy atom. The first-order valence-corrected chi connectivity index (χ1v) is 7.53. The lowest BCUT2D eigenvalue weighted by Crippen LogP contribution is -2.15. The van der Waals surface area contributed by atoms with E-state index in [1.54, 1.807) is 40.3 Å². The van der Waals surface area contributed by atoms with Crippen LogP contribution in [0, 0.1) is 13.8 Å². The fourth-order valence-electron chi connectivity index (χ4n) is 1.92. The first kappa shape index (κ1) is 17.0. The molecule has 0 bridgehead atoms. The van der Waals surface area contributed by atoms with Crippen LogP contribution in [0.15, 0.2) is 26.5 Å². The maximum absolute atomic E-state index is 11.7. The Bertz CT molecular complexity index is 802. The zero-order valence-corrected chi connectivity index (χ0v) is 14.8. The number of hydrogen-bond donors (Lipinski definition) is 2. The molecule has 23 heavy (non-hydrogen) atoms. The molecule has 8 heteroatoms. The normalized spacial score (nSPS) is 10.8. The zero-order valence-electron chi connectivity index (χ0n) is 13.2. The summed E-state index contributed by atoms with van der Waals surface area (Å²) in [6, 6.07) is 3.63. The number of hydrazone groups is 1. The number of aryl methyl sites for hydroxylation is 1. The van der Waals surface area contributed by atoms with E-state index >= 15 is 0 Å². The van der Waals surface area contributed by atoms with Crippen LogP contribution in [0.25, 0.3) is 0 Å². The van der Waals surface area contributed by atoms with Gasteiger partial charge in [0.2, 0.25) is 5.95 Å². The van der Waals surface area contributed by atoms with Crippen molar-refractivity contribution in [1.82, 2.24) is 9.97 Å². The summed E-state index contributed by atoms with van der Waals surface area (Å²) in [5.74, 6) is 1.42. The van der Waals surface area contributed by atoms with Gasteiger partial charge in [-0.3, -0.25) is 9.78 Å². The summed E-state index contributed by atoms with van der Waals surface area (Å²) >= 11 is 3.40. The second kappa shape index (κ2) is 7.28. The maximum Gasteiger partial charge on any atom is 0.255 e. The highest BCUT2D eigenvalue weighted by molar-refractivity contribution is 9.10. The van der Waals surface area contributed by atoms with Crippen molar-refractivity contribution in [3.63, 3.8) is 0 Å². The highest BCUT2D eigenvalue weighted by atomic mass is 79.9. The van der Waals surface area contributed by atoms with E-state index in [4.69, 9.17) is 9.47 Å².